The number of rotatable bonds is 4. The fourth-order valence-corrected chi connectivity index (χ4v) is 19.9. The molecule has 12 aliphatic rings. The van der Waals surface area contributed by atoms with Gasteiger partial charge in [-0.05, 0) is 120 Å². The van der Waals surface area contributed by atoms with Crippen LogP contribution >= 0.6 is 0 Å². The fraction of sp³-hybridized carbons (Fsp3) is 0.280. The van der Waals surface area contributed by atoms with Gasteiger partial charge >= 0.3 is 0 Å². The Morgan fingerprint density at radius 2 is 0.455 bits per heavy atom. The molecule has 4 N–H and O–H groups in total. The van der Waals surface area contributed by atoms with E-state index >= 15 is 17.6 Å². The Morgan fingerprint density at radius 1 is 0.250 bits per heavy atom. The van der Waals surface area contributed by atoms with Gasteiger partial charge in [0.05, 0.1) is 26.4 Å². The Hall–Kier alpha value is -15.2. The average molecular weight is 1790 g/mol. The van der Waals surface area contributed by atoms with Crippen LogP contribution in [0.25, 0.3) is 0 Å². The monoisotopic (exact) mass is 1790 g/mol. The maximum Gasteiger partial charge on any atom is 0.277 e. The Bertz CT molecular complexity index is 6040. The lowest BCUT2D eigenvalue weighted by molar-refractivity contribution is 0.0660. The second kappa shape index (κ2) is 33.7. The lowest BCUT2D eigenvalue weighted by Gasteiger charge is -2.44. The van der Waals surface area contributed by atoms with Gasteiger partial charge in [-0.2, -0.15) is 0 Å². The fourth-order valence-electron chi connectivity index (χ4n) is 19.9. The van der Waals surface area contributed by atoms with Gasteiger partial charge in [0.15, 0.2) is 92.0 Å². The Balaban J connectivity index is 0.000000106. The van der Waals surface area contributed by atoms with Crippen molar-refractivity contribution in [2.75, 3.05) is 99.3 Å². The number of hydrogen-bond donors (Lipinski definition) is 4. The molecule has 12 atom stereocenters. The molecule has 672 valence electrons. The van der Waals surface area contributed by atoms with Gasteiger partial charge in [0.1, 0.15) is 50.8 Å². The molecular weight excluding hydrogens is 1700 g/mol. The van der Waals surface area contributed by atoms with Crippen molar-refractivity contribution in [2.45, 2.75) is 49.9 Å². The lowest BCUT2D eigenvalue weighted by Crippen LogP contribution is -2.55. The molecule has 4 aromatic heterocycles. The maximum absolute atomic E-state index is 15.1. The molecule has 0 saturated heterocycles. The van der Waals surface area contributed by atoms with Gasteiger partial charge in [0, 0.05) is 97.5 Å². The molecule has 0 radical (unpaired) electrons. The van der Waals surface area contributed by atoms with Crippen LogP contribution in [0, 0.1) is 70.6 Å². The topological polar surface area (TPSA) is 300 Å². The highest BCUT2D eigenvalue weighted by molar-refractivity contribution is 5.98. The molecule has 12 heterocycles. The summed E-state index contributed by atoms with van der Waals surface area (Å²) in [6.45, 7) is 4.27. The van der Waals surface area contributed by atoms with Gasteiger partial charge in [0.2, 0.25) is 21.7 Å². The molecule has 8 bridgehead atoms. The number of fused-ring (bicyclic) bond motifs is 24. The molecule has 12 aromatic rings. The number of hydrogen-bond acceptors (Lipinski definition) is 20. The molecule has 0 spiro atoms. The number of ether oxygens (including phenoxy) is 4. The third kappa shape index (κ3) is 15.2. The van der Waals surface area contributed by atoms with Gasteiger partial charge in [-0.25, -0.2) is 17.6 Å². The zero-order valence-corrected chi connectivity index (χ0v) is 70.9. The van der Waals surface area contributed by atoms with Crippen molar-refractivity contribution >= 4 is 23.6 Å². The van der Waals surface area contributed by atoms with E-state index in [0.717, 1.165) is 47.9 Å². The summed E-state index contributed by atoms with van der Waals surface area (Å²) in [5.41, 5.74) is 3.09. The summed E-state index contributed by atoms with van der Waals surface area (Å²) in [6.07, 6.45) is 9.47. The molecule has 8 aliphatic heterocycles. The predicted molar refractivity (Wildman–Crippen MR) is 473 cm³/mol. The number of para-hydroxylation sites is 4. The van der Waals surface area contributed by atoms with E-state index in [2.05, 4.69) is 0 Å². The van der Waals surface area contributed by atoms with E-state index in [1.807, 2.05) is 166 Å². The van der Waals surface area contributed by atoms with Gasteiger partial charge in [-0.15, -0.1) is 0 Å². The van der Waals surface area contributed by atoms with E-state index in [4.69, 9.17) is 18.9 Å². The zero-order valence-electron chi connectivity index (χ0n) is 70.9. The van der Waals surface area contributed by atoms with Crippen molar-refractivity contribution in [1.82, 2.24) is 38.3 Å². The quantitative estimate of drug-likeness (QED) is 0.119. The van der Waals surface area contributed by atoms with Crippen molar-refractivity contribution < 1.29 is 76.1 Å². The molecule has 4 saturated carbocycles. The molecule has 132 heavy (non-hydrogen) atoms. The van der Waals surface area contributed by atoms with Crippen LogP contribution in [0.4, 0.5) is 17.6 Å². The first-order chi connectivity index (χ1) is 64.1. The van der Waals surface area contributed by atoms with Gasteiger partial charge in [-0.1, -0.05) is 170 Å². The summed E-state index contributed by atoms with van der Waals surface area (Å²) >= 11 is 0. The minimum absolute atomic E-state index is 0.0787. The van der Waals surface area contributed by atoms with Crippen LogP contribution in [0.1, 0.15) is 136 Å². The largest absolute Gasteiger partial charge is 0.502 e. The summed E-state index contributed by atoms with van der Waals surface area (Å²) < 4.78 is 90.5. The van der Waals surface area contributed by atoms with Crippen LogP contribution in [0.15, 0.2) is 262 Å². The highest BCUT2D eigenvalue weighted by atomic mass is 19.1. The number of aromatic nitrogens is 4. The number of carbonyl (C=O) groups excluding carboxylic acids is 4. The molecule has 8 aromatic carbocycles. The van der Waals surface area contributed by atoms with Crippen LogP contribution in [0.2, 0.25) is 0 Å². The second-order valence-corrected chi connectivity index (χ2v) is 35.5. The molecule has 28 nitrogen and oxygen atoms in total. The maximum atomic E-state index is 15.1. The van der Waals surface area contributed by atoms with Crippen LogP contribution in [0.3, 0.4) is 0 Å². The van der Waals surface area contributed by atoms with Crippen molar-refractivity contribution in [1.29, 1.82) is 0 Å². The van der Waals surface area contributed by atoms with Gasteiger partial charge in [-0.3, -0.25) is 77.1 Å². The first kappa shape index (κ1) is 83.7. The van der Waals surface area contributed by atoms with Crippen molar-refractivity contribution in [3.63, 3.8) is 0 Å². The van der Waals surface area contributed by atoms with E-state index in [0.29, 0.717) is 74.9 Å². The van der Waals surface area contributed by atoms with Crippen molar-refractivity contribution in [2.24, 2.45) is 47.3 Å². The SMILES string of the molecule is O=C1c2c(O)c(=O)ccn2N2CN1C[C@@H]1C[C@H]1COc1c(F)cccc1[C@@H]2c1ccccc1.O=C1c2c(O)c(=O)ccn2N2CN1C[C@@H]1C[C@H]1COc1c(F)cccc1[C@H]2c1ccccc1.O=C1c2c(O)c(=O)ccn2N2CN1C[C@H]1C[C@@H]1COc1c(F)cccc1[C@@H]2c1ccccc1.O=C1c2c(O)c(=O)ccn2N2CN1C[C@H]1C[C@@H]1COc1c(F)cccc1[C@H]2c1ccccc1. The summed E-state index contributed by atoms with van der Waals surface area (Å²) in [4.78, 5) is 109. The number of nitrogens with zero attached hydrogens (tertiary/aromatic N) is 12. The van der Waals surface area contributed by atoms with Gasteiger partial charge in [0.25, 0.3) is 23.6 Å². The Morgan fingerprint density at radius 3 is 0.659 bits per heavy atom. The molecule has 4 fully saturated rings. The number of carbonyl (C=O) groups is 4. The number of halogens is 4. The standard InChI is InChI=1S/4C25H22FN3O4/c4*26-19-8-4-7-18-21(15-5-2-1-3-6-15)29-14-27(12-16-11-17(16)13-33-24(18)19)25(32)22-23(31)20(30)9-10-28(22)29/h4*1-10,16-17,21,31H,11-14H2/t2*16-,17-,21+;2*16-,17-,21-/m1010/s1. The zero-order chi connectivity index (χ0) is 90.8. The van der Waals surface area contributed by atoms with E-state index in [9.17, 15) is 58.8 Å². The van der Waals surface area contributed by atoms with Crippen LogP contribution in [0.5, 0.6) is 46.0 Å². The second-order valence-electron chi connectivity index (χ2n) is 35.5. The van der Waals surface area contributed by atoms with Crippen LogP contribution in [-0.2, 0) is 0 Å². The Kier molecular flexibility index (Phi) is 21.3. The highest BCUT2D eigenvalue weighted by Gasteiger charge is 2.51. The molecule has 0 unspecified atom stereocenters. The number of amides is 4. The molecule has 4 aliphatic carbocycles. The normalized spacial score (nSPS) is 23.5. The predicted octanol–water partition coefficient (Wildman–Crippen LogP) is 11.4. The third-order valence-electron chi connectivity index (χ3n) is 27.2. The average Bonchev–Trinajstić information content (AvgIpc) is 1.10. The number of pyridine rings is 4. The van der Waals surface area contributed by atoms with E-state index in [1.54, 1.807) is 43.9 Å². The first-order valence-corrected chi connectivity index (χ1v) is 44.0. The smallest absolute Gasteiger partial charge is 0.277 e. The number of aromatic hydroxyl groups is 4. The molecule has 4 amide bonds. The lowest BCUT2D eigenvalue weighted by atomic mass is 9.96. The minimum Gasteiger partial charge on any atom is -0.502 e. The van der Waals surface area contributed by atoms with E-state index in [-0.39, 0.29) is 120 Å². The highest BCUT2D eigenvalue weighted by Crippen LogP contribution is 2.51. The van der Waals surface area contributed by atoms with Crippen molar-refractivity contribution in [3.8, 4) is 46.0 Å². The first-order valence-electron chi connectivity index (χ1n) is 44.0. The van der Waals surface area contributed by atoms with Gasteiger partial charge < -0.3 is 59.0 Å². The third-order valence-corrected chi connectivity index (χ3v) is 27.2. The Labute approximate surface area is 751 Å². The van der Waals surface area contributed by atoms with Crippen LogP contribution in [-0.4, -0.2) is 162 Å². The van der Waals surface area contributed by atoms with Crippen LogP contribution < -0.4 is 60.7 Å². The van der Waals surface area contributed by atoms with E-state index < -0.39 is 116 Å². The molecular formula is C100H88F4N12O16. The van der Waals surface area contributed by atoms with E-state index in [1.165, 1.54) is 92.0 Å². The summed E-state index contributed by atoms with van der Waals surface area (Å²) in [5, 5.41) is 49.9. The summed E-state index contributed by atoms with van der Waals surface area (Å²) in [5.74, 6) is -3.12. The molecule has 32 heteroatoms. The summed E-state index contributed by atoms with van der Waals surface area (Å²) in [7, 11) is 0. The minimum atomic E-state index is -0.615. The van der Waals surface area contributed by atoms with Crippen molar-refractivity contribution in [3.05, 3.63) is 375 Å². The molecule has 24 rings (SSSR count). The number of benzene rings is 8. The summed E-state index contributed by atoms with van der Waals surface area (Å²) in [6, 6.07) is 60.3.